The zero-order chi connectivity index (χ0) is 11.2. The number of benzene rings is 1. The van der Waals surface area contributed by atoms with Crippen LogP contribution in [0.4, 0.5) is 4.39 Å². The molecule has 2 rings (SSSR count). The molecule has 0 saturated heterocycles. The van der Waals surface area contributed by atoms with E-state index in [-0.39, 0.29) is 22.0 Å². The third kappa shape index (κ3) is 1.50. The highest BCUT2D eigenvalue weighted by Gasteiger charge is 2.46. The van der Waals surface area contributed by atoms with Gasteiger partial charge in [-0.05, 0) is 31.4 Å². The molecule has 1 saturated carbocycles. The summed E-state index contributed by atoms with van der Waals surface area (Å²) >= 11 is 5.75. The third-order valence-electron chi connectivity index (χ3n) is 3.22. The molecule has 1 fully saturated rings. The Morgan fingerprint density at radius 2 is 2.20 bits per heavy atom. The lowest BCUT2D eigenvalue weighted by molar-refractivity contribution is 0.454. The number of halogens is 2. The van der Waals surface area contributed by atoms with Crippen molar-refractivity contribution in [3.05, 3.63) is 28.0 Å². The second-order valence-corrected chi connectivity index (χ2v) is 4.58. The van der Waals surface area contributed by atoms with Crippen molar-refractivity contribution >= 4 is 11.6 Å². The van der Waals surface area contributed by atoms with Crippen molar-refractivity contribution in [1.29, 1.82) is 0 Å². The highest BCUT2D eigenvalue weighted by Crippen LogP contribution is 2.53. The van der Waals surface area contributed by atoms with Gasteiger partial charge in [0.05, 0.1) is 5.02 Å². The minimum atomic E-state index is -0.382. The smallest absolute Gasteiger partial charge is 0.138 e. The van der Waals surface area contributed by atoms with Gasteiger partial charge in [-0.25, -0.2) is 4.39 Å². The Morgan fingerprint density at radius 3 is 2.67 bits per heavy atom. The Hall–Kier alpha value is -0.800. The number of nitrogens with two attached hydrogens (primary N) is 1. The van der Waals surface area contributed by atoms with E-state index >= 15 is 0 Å². The molecule has 0 heterocycles. The van der Waals surface area contributed by atoms with Gasteiger partial charge in [-0.2, -0.15) is 0 Å². The van der Waals surface area contributed by atoms with Gasteiger partial charge in [-0.3, -0.25) is 0 Å². The first-order valence-electron chi connectivity index (χ1n) is 4.90. The summed E-state index contributed by atoms with van der Waals surface area (Å²) in [6.07, 6.45) is 1.77. The number of hydrogen-bond acceptors (Lipinski definition) is 2. The molecular formula is C11H13ClFNO. The molecule has 15 heavy (non-hydrogen) atoms. The van der Waals surface area contributed by atoms with Gasteiger partial charge in [0.15, 0.2) is 0 Å². The zero-order valence-electron chi connectivity index (χ0n) is 8.48. The zero-order valence-corrected chi connectivity index (χ0v) is 9.24. The number of rotatable bonds is 2. The van der Waals surface area contributed by atoms with E-state index in [0.29, 0.717) is 17.7 Å². The van der Waals surface area contributed by atoms with Crippen molar-refractivity contribution in [3.63, 3.8) is 0 Å². The minimum absolute atomic E-state index is 0.0153. The first-order valence-corrected chi connectivity index (χ1v) is 5.28. The van der Waals surface area contributed by atoms with Crippen LogP contribution in [0.1, 0.15) is 24.0 Å². The maximum atomic E-state index is 13.5. The Balaban J connectivity index is 2.64. The Morgan fingerprint density at radius 1 is 1.60 bits per heavy atom. The first kappa shape index (κ1) is 10.7. The van der Waals surface area contributed by atoms with Gasteiger partial charge in [0.25, 0.3) is 0 Å². The lowest BCUT2D eigenvalue weighted by Crippen LogP contribution is -2.21. The third-order valence-corrected chi connectivity index (χ3v) is 3.51. The molecule has 4 heteroatoms. The van der Waals surface area contributed by atoms with Crippen molar-refractivity contribution in [2.75, 3.05) is 6.54 Å². The monoisotopic (exact) mass is 229 g/mol. The van der Waals surface area contributed by atoms with Gasteiger partial charge in [0.2, 0.25) is 0 Å². The molecule has 2 nitrogen and oxygen atoms in total. The molecule has 1 aromatic carbocycles. The van der Waals surface area contributed by atoms with Gasteiger partial charge in [0.1, 0.15) is 11.6 Å². The Bertz CT molecular complexity index is 389. The predicted octanol–water partition coefficient (Wildman–Crippen LogP) is 2.48. The Labute approximate surface area is 92.9 Å². The quantitative estimate of drug-likeness (QED) is 0.819. The van der Waals surface area contributed by atoms with Crippen LogP contribution in [-0.4, -0.2) is 11.7 Å². The van der Waals surface area contributed by atoms with Crippen molar-refractivity contribution in [2.24, 2.45) is 5.73 Å². The minimum Gasteiger partial charge on any atom is -0.506 e. The molecule has 0 amide bonds. The average molecular weight is 230 g/mol. The SMILES string of the molecule is Cc1c(F)cc(Cl)c(O)c1C1(CN)CC1. The van der Waals surface area contributed by atoms with E-state index in [4.69, 9.17) is 17.3 Å². The van der Waals surface area contributed by atoms with Gasteiger partial charge in [-0.1, -0.05) is 11.6 Å². The molecule has 82 valence electrons. The molecular weight excluding hydrogens is 217 g/mol. The molecule has 1 aliphatic rings. The fraction of sp³-hybridized carbons (Fsp3) is 0.455. The highest BCUT2D eigenvalue weighted by atomic mass is 35.5. The summed E-state index contributed by atoms with van der Waals surface area (Å²) in [6, 6.07) is 1.14. The molecule has 0 unspecified atom stereocenters. The van der Waals surface area contributed by atoms with Crippen LogP contribution in [0.15, 0.2) is 6.07 Å². The van der Waals surface area contributed by atoms with E-state index in [1.807, 2.05) is 0 Å². The lowest BCUT2D eigenvalue weighted by Gasteiger charge is -2.18. The summed E-state index contributed by atoms with van der Waals surface area (Å²) in [4.78, 5) is 0. The van der Waals surface area contributed by atoms with E-state index in [2.05, 4.69) is 0 Å². The maximum absolute atomic E-state index is 13.5. The molecule has 0 aliphatic heterocycles. The standard InChI is InChI=1S/C11H13ClFNO/c1-6-8(13)4-7(12)10(15)9(6)11(5-14)2-3-11/h4,15H,2-3,5,14H2,1H3. The van der Waals surface area contributed by atoms with Crippen LogP contribution in [0.25, 0.3) is 0 Å². The first-order chi connectivity index (χ1) is 7.02. The van der Waals surface area contributed by atoms with Gasteiger partial charge >= 0.3 is 0 Å². The molecule has 0 spiro atoms. The van der Waals surface area contributed by atoms with Crippen LogP contribution in [0.3, 0.4) is 0 Å². The van der Waals surface area contributed by atoms with Crippen LogP contribution in [-0.2, 0) is 5.41 Å². The fourth-order valence-corrected chi connectivity index (χ4v) is 2.25. The lowest BCUT2D eigenvalue weighted by atomic mass is 9.90. The van der Waals surface area contributed by atoms with E-state index in [1.54, 1.807) is 6.92 Å². The molecule has 1 aromatic rings. The topological polar surface area (TPSA) is 46.2 Å². The summed E-state index contributed by atoms with van der Waals surface area (Å²) in [7, 11) is 0. The fourth-order valence-electron chi connectivity index (χ4n) is 2.06. The van der Waals surface area contributed by atoms with E-state index in [1.165, 1.54) is 0 Å². The number of aromatic hydroxyl groups is 1. The largest absolute Gasteiger partial charge is 0.506 e. The number of phenols is 1. The van der Waals surface area contributed by atoms with Gasteiger partial charge < -0.3 is 10.8 Å². The summed E-state index contributed by atoms with van der Waals surface area (Å²) in [5.41, 5.74) is 6.46. The van der Waals surface area contributed by atoms with Gasteiger partial charge in [-0.15, -0.1) is 0 Å². The second kappa shape index (κ2) is 3.35. The average Bonchev–Trinajstić information content (AvgIpc) is 2.96. The van der Waals surface area contributed by atoms with E-state index in [9.17, 15) is 9.50 Å². The molecule has 1 aliphatic carbocycles. The van der Waals surface area contributed by atoms with Crippen molar-refractivity contribution in [1.82, 2.24) is 0 Å². The summed E-state index contributed by atoms with van der Waals surface area (Å²) in [5.74, 6) is -0.397. The van der Waals surface area contributed by atoms with Crippen LogP contribution in [0.2, 0.25) is 5.02 Å². The predicted molar refractivity (Wildman–Crippen MR) is 57.8 cm³/mol. The number of phenolic OH excluding ortho intramolecular Hbond substituents is 1. The summed E-state index contributed by atoms with van der Waals surface area (Å²) in [5, 5.41) is 9.92. The van der Waals surface area contributed by atoms with Crippen molar-refractivity contribution in [3.8, 4) is 5.75 Å². The van der Waals surface area contributed by atoms with Crippen molar-refractivity contribution < 1.29 is 9.50 Å². The molecule has 0 aromatic heterocycles. The molecule has 0 atom stereocenters. The van der Waals surface area contributed by atoms with Gasteiger partial charge in [0, 0.05) is 17.5 Å². The normalized spacial score (nSPS) is 17.9. The number of hydrogen-bond donors (Lipinski definition) is 2. The summed E-state index contributed by atoms with van der Waals surface area (Å²) in [6.45, 7) is 2.07. The van der Waals surface area contributed by atoms with Crippen molar-refractivity contribution in [2.45, 2.75) is 25.2 Å². The maximum Gasteiger partial charge on any atom is 0.138 e. The second-order valence-electron chi connectivity index (χ2n) is 4.17. The highest BCUT2D eigenvalue weighted by molar-refractivity contribution is 6.32. The molecule has 0 bridgehead atoms. The van der Waals surface area contributed by atoms with Crippen LogP contribution < -0.4 is 5.73 Å². The Kier molecular flexibility index (Phi) is 2.40. The summed E-state index contributed by atoms with van der Waals surface area (Å²) < 4.78 is 13.5. The molecule has 3 N–H and O–H groups in total. The van der Waals surface area contributed by atoms with E-state index < -0.39 is 0 Å². The van der Waals surface area contributed by atoms with Crippen LogP contribution in [0.5, 0.6) is 5.75 Å². The van der Waals surface area contributed by atoms with Crippen LogP contribution >= 0.6 is 11.6 Å². The van der Waals surface area contributed by atoms with E-state index in [0.717, 1.165) is 18.9 Å². The molecule has 0 radical (unpaired) electrons. The van der Waals surface area contributed by atoms with Crippen LogP contribution in [0, 0.1) is 12.7 Å².